The quantitative estimate of drug-likeness (QED) is 0.329. The van der Waals surface area contributed by atoms with Crippen LogP contribution < -0.4 is 9.88 Å². The zero-order chi connectivity index (χ0) is 19.5. The number of hydrogen-bond acceptors (Lipinski definition) is 2. The number of aromatic nitrogens is 3. The van der Waals surface area contributed by atoms with Crippen LogP contribution in [0.2, 0.25) is 0 Å². The number of hydrogen-bond donors (Lipinski definition) is 2. The molecule has 1 heterocycles. The van der Waals surface area contributed by atoms with Crippen LogP contribution in [-0.4, -0.2) is 21.7 Å². The minimum atomic E-state index is -10.7. The van der Waals surface area contributed by atoms with Gasteiger partial charge in [-0.25, -0.2) is 8.96 Å². The number of benzene rings is 1. The number of amides is 1. The van der Waals surface area contributed by atoms with Gasteiger partial charge in [-0.1, -0.05) is 17.7 Å². The van der Waals surface area contributed by atoms with Gasteiger partial charge in [0.1, 0.15) is 0 Å². The topological polar surface area (TPSA) is 61.7 Å². The van der Waals surface area contributed by atoms with E-state index in [4.69, 9.17) is 11.6 Å². The molecule has 0 aliphatic rings. The number of carbonyl (C=O) groups is 1. The molecule has 0 aliphatic heterocycles. The third-order valence-corrected chi connectivity index (χ3v) is 2.55. The molecule has 14 heteroatoms. The molecule has 1 atom stereocenters. The minimum absolute atomic E-state index is 0.468. The number of aromatic amines is 1. The maximum absolute atomic E-state index is 12.6. The van der Waals surface area contributed by atoms with Gasteiger partial charge in [0, 0.05) is 10.8 Å². The SMILES string of the molecule is C[n+]1cn[nH]c1-c1cccc(NC(=O)C(F)Cl)c1.F[P-](F)(F)(F)(F)F. The summed E-state index contributed by atoms with van der Waals surface area (Å²) < 4.78 is 73.5. The molecule has 1 aromatic heterocycles. The van der Waals surface area contributed by atoms with Crippen molar-refractivity contribution in [1.82, 2.24) is 10.2 Å². The summed E-state index contributed by atoms with van der Waals surface area (Å²) >= 11 is 5.04. The van der Waals surface area contributed by atoms with E-state index in [-0.39, 0.29) is 0 Å². The van der Waals surface area contributed by atoms with Crippen molar-refractivity contribution in [3.05, 3.63) is 30.6 Å². The first-order chi connectivity index (χ1) is 11.0. The Morgan fingerprint density at radius 3 is 2.28 bits per heavy atom. The van der Waals surface area contributed by atoms with Crippen molar-refractivity contribution < 1.29 is 38.9 Å². The fraction of sp³-hybridized carbons (Fsp3) is 0.182. The number of nitrogens with one attached hydrogen (secondary N) is 2. The Hall–Kier alpha value is -1.94. The fourth-order valence-corrected chi connectivity index (χ4v) is 1.58. The molecule has 5 nitrogen and oxygen atoms in total. The van der Waals surface area contributed by atoms with Gasteiger partial charge in [-0.05, 0) is 18.2 Å². The van der Waals surface area contributed by atoms with Gasteiger partial charge in [-0.15, -0.1) is 5.10 Å². The van der Waals surface area contributed by atoms with Gasteiger partial charge in [0.05, 0.1) is 12.6 Å². The summed E-state index contributed by atoms with van der Waals surface area (Å²) in [7, 11) is -8.82. The molecule has 1 unspecified atom stereocenters. The van der Waals surface area contributed by atoms with Gasteiger partial charge in [0.15, 0.2) is 0 Å². The Morgan fingerprint density at radius 1 is 1.28 bits per heavy atom. The molecule has 0 bridgehead atoms. The average molecular weight is 415 g/mol. The third kappa shape index (κ3) is 9.82. The van der Waals surface area contributed by atoms with Gasteiger partial charge in [-0.2, -0.15) is 0 Å². The zero-order valence-corrected chi connectivity index (χ0v) is 13.9. The second-order valence-electron chi connectivity index (χ2n) is 4.64. The van der Waals surface area contributed by atoms with E-state index >= 15 is 0 Å². The number of carbonyl (C=O) groups excluding carboxylic acids is 1. The van der Waals surface area contributed by atoms with E-state index in [1.807, 2.05) is 13.1 Å². The molecule has 0 aliphatic carbocycles. The number of H-pyrrole nitrogens is 1. The van der Waals surface area contributed by atoms with Crippen molar-refractivity contribution in [3.8, 4) is 11.4 Å². The van der Waals surface area contributed by atoms with Gasteiger partial charge < -0.3 is 5.32 Å². The second-order valence-corrected chi connectivity index (χ2v) is 6.94. The maximum atomic E-state index is 12.6. The van der Waals surface area contributed by atoms with E-state index in [1.54, 1.807) is 29.1 Å². The van der Waals surface area contributed by atoms with Crippen molar-refractivity contribution in [2.24, 2.45) is 7.05 Å². The molecule has 2 aromatic rings. The van der Waals surface area contributed by atoms with Crippen molar-refractivity contribution in [3.63, 3.8) is 0 Å². The summed E-state index contributed by atoms with van der Waals surface area (Å²) in [6.07, 6.45) is 1.62. The molecular weight excluding hydrogens is 404 g/mol. The standard InChI is InChI=1S/C11H10ClFN4O.F6P/c1-17-6-14-16-10(17)7-3-2-4-8(5-7)15-11(18)9(12)13;1-7(2,3,4,5)6/h2-6,9H,1H3,(H,15,18);/q;-1/p+1. The molecule has 0 saturated carbocycles. The van der Waals surface area contributed by atoms with Crippen molar-refractivity contribution >= 4 is 31.0 Å². The van der Waals surface area contributed by atoms with Crippen LogP contribution in [0.15, 0.2) is 30.6 Å². The Bertz CT molecular complexity index is 752. The van der Waals surface area contributed by atoms with E-state index in [1.165, 1.54) is 0 Å². The van der Waals surface area contributed by atoms with Crippen LogP contribution >= 0.6 is 19.4 Å². The van der Waals surface area contributed by atoms with Gasteiger partial charge in [-0.3, -0.25) is 4.79 Å². The zero-order valence-electron chi connectivity index (χ0n) is 12.2. The van der Waals surface area contributed by atoms with Crippen LogP contribution in [0, 0.1) is 0 Å². The second kappa shape index (κ2) is 6.41. The molecule has 1 aromatic carbocycles. The monoisotopic (exact) mass is 414 g/mol. The van der Waals surface area contributed by atoms with E-state index in [2.05, 4.69) is 15.5 Å². The van der Waals surface area contributed by atoms with Crippen LogP contribution in [0.1, 0.15) is 0 Å². The van der Waals surface area contributed by atoms with E-state index in [0.717, 1.165) is 11.4 Å². The summed E-state index contributed by atoms with van der Waals surface area (Å²) in [6, 6.07) is 6.94. The Kier molecular flexibility index (Phi) is 5.41. The molecule has 2 N–H and O–H groups in total. The van der Waals surface area contributed by atoms with E-state index in [9.17, 15) is 34.4 Å². The van der Waals surface area contributed by atoms with Crippen LogP contribution in [0.3, 0.4) is 0 Å². The van der Waals surface area contributed by atoms with Crippen molar-refractivity contribution in [2.75, 3.05) is 5.32 Å². The Labute approximate surface area is 141 Å². The third-order valence-electron chi connectivity index (χ3n) is 2.36. The van der Waals surface area contributed by atoms with Gasteiger partial charge in [0.2, 0.25) is 0 Å². The molecule has 0 saturated heterocycles. The molecule has 2 rings (SSSR count). The summed E-state index contributed by atoms with van der Waals surface area (Å²) in [4.78, 5) is 11.1. The molecule has 142 valence electrons. The number of alkyl halides is 2. The number of aryl methyl sites for hydroxylation is 1. The van der Waals surface area contributed by atoms with Gasteiger partial charge in [0.25, 0.3) is 23.7 Å². The van der Waals surface area contributed by atoms with Crippen LogP contribution in [0.4, 0.5) is 35.3 Å². The number of nitrogens with zero attached hydrogens (tertiary/aromatic N) is 2. The molecule has 1 amide bonds. The van der Waals surface area contributed by atoms with Crippen LogP contribution in [0.5, 0.6) is 0 Å². The fourth-order valence-electron chi connectivity index (χ4n) is 1.52. The van der Waals surface area contributed by atoms with Crippen molar-refractivity contribution in [2.45, 2.75) is 5.63 Å². The van der Waals surface area contributed by atoms with E-state index in [0.29, 0.717) is 5.69 Å². The molecular formula is C11H11ClF7N4OP. The number of anilines is 1. The van der Waals surface area contributed by atoms with Crippen LogP contribution in [-0.2, 0) is 11.8 Å². The molecule has 0 spiro atoms. The Morgan fingerprint density at radius 2 is 1.84 bits per heavy atom. The number of rotatable bonds is 3. The first kappa shape index (κ1) is 21.1. The van der Waals surface area contributed by atoms with Gasteiger partial charge >= 0.3 is 33.0 Å². The summed E-state index contributed by atoms with van der Waals surface area (Å²) in [5, 5.41) is 9.09. The molecule has 0 fully saturated rings. The number of halogens is 8. The molecule has 25 heavy (non-hydrogen) atoms. The predicted molar refractivity (Wildman–Crippen MR) is 78.1 cm³/mol. The summed E-state index contributed by atoms with van der Waals surface area (Å²) in [6.45, 7) is 0. The van der Waals surface area contributed by atoms with Crippen molar-refractivity contribution in [1.29, 1.82) is 0 Å². The normalized spacial score (nSPS) is 15.2. The van der Waals surface area contributed by atoms with Crippen LogP contribution in [0.25, 0.3) is 11.4 Å². The molecule has 0 radical (unpaired) electrons. The van der Waals surface area contributed by atoms with E-state index < -0.39 is 19.3 Å². The summed E-state index contributed by atoms with van der Waals surface area (Å²) in [5.74, 6) is -0.114. The first-order valence-electron chi connectivity index (χ1n) is 6.18. The Balaban J connectivity index is 0.000000381. The average Bonchev–Trinajstić information content (AvgIpc) is 2.81. The first-order valence-corrected chi connectivity index (χ1v) is 8.64. The predicted octanol–water partition coefficient (Wildman–Crippen LogP) is 4.76. The summed E-state index contributed by atoms with van der Waals surface area (Å²) in [5.41, 5.74) is -0.773.